The van der Waals surface area contributed by atoms with E-state index in [2.05, 4.69) is 0 Å². The largest absolute Gasteiger partial charge is 0.300 e. The van der Waals surface area contributed by atoms with Gasteiger partial charge in [0.25, 0.3) is 0 Å². The van der Waals surface area contributed by atoms with Crippen molar-refractivity contribution in [3.05, 3.63) is 35.9 Å². The van der Waals surface area contributed by atoms with Crippen LogP contribution in [0.4, 0.5) is 0 Å². The van der Waals surface area contributed by atoms with E-state index >= 15 is 0 Å². The van der Waals surface area contributed by atoms with Crippen LogP contribution in [0.5, 0.6) is 0 Å². The van der Waals surface area contributed by atoms with Gasteiger partial charge in [-0.15, -0.1) is 0 Å². The second kappa shape index (κ2) is 5.94. The van der Waals surface area contributed by atoms with Gasteiger partial charge in [-0.2, -0.15) is 0 Å². The molecular formula is C16H20O2. The lowest BCUT2D eigenvalue weighted by Gasteiger charge is -2.29. The van der Waals surface area contributed by atoms with Gasteiger partial charge in [-0.05, 0) is 25.3 Å². The summed E-state index contributed by atoms with van der Waals surface area (Å²) in [5, 5.41) is 0. The van der Waals surface area contributed by atoms with E-state index in [4.69, 9.17) is 0 Å². The van der Waals surface area contributed by atoms with Gasteiger partial charge in [0.2, 0.25) is 0 Å². The standard InChI is InChI=1S/C16H20O2/c1-12(17)11-15(13-7-3-2-4-8-13)14-9-5-6-10-16(14)18/h2-4,7-8,14-15H,5-6,9-11H2,1H3/t14-,15+/m1/s1. The summed E-state index contributed by atoms with van der Waals surface area (Å²) in [7, 11) is 0. The molecule has 0 heterocycles. The Labute approximate surface area is 108 Å². The average molecular weight is 244 g/mol. The molecule has 1 saturated carbocycles. The number of hydrogen-bond acceptors (Lipinski definition) is 2. The average Bonchev–Trinajstić information content (AvgIpc) is 2.38. The summed E-state index contributed by atoms with van der Waals surface area (Å²) in [5.41, 5.74) is 1.13. The molecule has 1 aromatic rings. The zero-order valence-electron chi connectivity index (χ0n) is 10.9. The maximum absolute atomic E-state index is 12.1. The van der Waals surface area contributed by atoms with Crippen molar-refractivity contribution in [2.75, 3.05) is 0 Å². The highest BCUT2D eigenvalue weighted by molar-refractivity contribution is 5.84. The van der Waals surface area contributed by atoms with Crippen molar-refractivity contribution in [1.82, 2.24) is 0 Å². The molecule has 1 aliphatic carbocycles. The Morgan fingerprint density at radius 1 is 1.28 bits per heavy atom. The van der Waals surface area contributed by atoms with Crippen LogP contribution in [-0.2, 0) is 9.59 Å². The van der Waals surface area contributed by atoms with Gasteiger partial charge in [-0.1, -0.05) is 36.8 Å². The third-order valence-electron chi connectivity index (χ3n) is 3.82. The number of Topliss-reactive ketones (excluding diaryl/α,β-unsaturated/α-hetero) is 2. The lowest BCUT2D eigenvalue weighted by molar-refractivity contribution is -0.126. The Kier molecular flexibility index (Phi) is 4.29. The molecule has 1 aromatic carbocycles. The molecule has 0 amide bonds. The van der Waals surface area contributed by atoms with Crippen LogP contribution < -0.4 is 0 Å². The first-order valence-electron chi connectivity index (χ1n) is 6.75. The second-order valence-electron chi connectivity index (χ2n) is 5.24. The molecule has 2 nitrogen and oxygen atoms in total. The summed E-state index contributed by atoms with van der Waals surface area (Å²) in [6.45, 7) is 1.61. The topological polar surface area (TPSA) is 34.1 Å². The number of hydrogen-bond donors (Lipinski definition) is 0. The molecule has 0 aromatic heterocycles. The maximum Gasteiger partial charge on any atom is 0.136 e. The lowest BCUT2D eigenvalue weighted by atomic mass is 9.74. The molecule has 1 aliphatic rings. The van der Waals surface area contributed by atoms with Crippen molar-refractivity contribution in [2.24, 2.45) is 5.92 Å². The van der Waals surface area contributed by atoms with Gasteiger partial charge in [0.1, 0.15) is 11.6 Å². The third kappa shape index (κ3) is 3.06. The van der Waals surface area contributed by atoms with E-state index in [1.807, 2.05) is 30.3 Å². The van der Waals surface area contributed by atoms with Crippen LogP contribution in [0.3, 0.4) is 0 Å². The van der Waals surface area contributed by atoms with Gasteiger partial charge >= 0.3 is 0 Å². The fraction of sp³-hybridized carbons (Fsp3) is 0.500. The van der Waals surface area contributed by atoms with Crippen LogP contribution in [0.1, 0.15) is 50.5 Å². The van der Waals surface area contributed by atoms with Crippen LogP contribution >= 0.6 is 0 Å². The number of rotatable bonds is 4. The molecule has 96 valence electrons. The molecule has 0 unspecified atom stereocenters. The van der Waals surface area contributed by atoms with Crippen LogP contribution in [0.15, 0.2) is 30.3 Å². The minimum absolute atomic E-state index is 0.0463. The number of carbonyl (C=O) groups excluding carboxylic acids is 2. The van der Waals surface area contributed by atoms with Crippen LogP contribution in [0.25, 0.3) is 0 Å². The van der Waals surface area contributed by atoms with Crippen molar-refractivity contribution in [1.29, 1.82) is 0 Å². The van der Waals surface area contributed by atoms with E-state index in [0.717, 1.165) is 24.8 Å². The monoisotopic (exact) mass is 244 g/mol. The highest BCUT2D eigenvalue weighted by Crippen LogP contribution is 2.36. The first kappa shape index (κ1) is 13.0. The second-order valence-corrected chi connectivity index (χ2v) is 5.24. The van der Waals surface area contributed by atoms with Gasteiger partial charge in [0.05, 0.1) is 0 Å². The molecule has 2 rings (SSSR count). The molecule has 0 radical (unpaired) electrons. The molecule has 0 N–H and O–H groups in total. The summed E-state index contributed by atoms with van der Waals surface area (Å²) in [6.07, 6.45) is 4.23. The first-order chi connectivity index (χ1) is 8.68. The number of ketones is 2. The van der Waals surface area contributed by atoms with Crippen molar-refractivity contribution in [2.45, 2.75) is 44.9 Å². The Morgan fingerprint density at radius 3 is 2.61 bits per heavy atom. The molecule has 2 heteroatoms. The Hall–Kier alpha value is -1.44. The Bertz CT molecular complexity index is 422. The van der Waals surface area contributed by atoms with Gasteiger partial charge in [-0.3, -0.25) is 4.79 Å². The molecule has 1 fully saturated rings. The van der Waals surface area contributed by atoms with E-state index in [1.165, 1.54) is 0 Å². The molecule has 0 spiro atoms. The molecule has 18 heavy (non-hydrogen) atoms. The van der Waals surface area contributed by atoms with Crippen molar-refractivity contribution in [3.8, 4) is 0 Å². The van der Waals surface area contributed by atoms with Crippen LogP contribution in [0.2, 0.25) is 0 Å². The van der Waals surface area contributed by atoms with Crippen molar-refractivity contribution < 1.29 is 9.59 Å². The van der Waals surface area contributed by atoms with E-state index in [0.29, 0.717) is 18.6 Å². The van der Waals surface area contributed by atoms with Crippen LogP contribution in [0, 0.1) is 5.92 Å². The molecular weight excluding hydrogens is 224 g/mol. The Balaban J connectivity index is 2.24. The van der Waals surface area contributed by atoms with E-state index in [9.17, 15) is 9.59 Å². The molecule has 0 saturated heterocycles. The highest BCUT2D eigenvalue weighted by atomic mass is 16.1. The van der Waals surface area contributed by atoms with E-state index in [1.54, 1.807) is 6.92 Å². The van der Waals surface area contributed by atoms with Crippen LogP contribution in [-0.4, -0.2) is 11.6 Å². The normalized spacial score (nSPS) is 21.6. The molecule has 2 atom stereocenters. The summed E-state index contributed by atoms with van der Waals surface area (Å²) in [6, 6.07) is 10.0. The van der Waals surface area contributed by atoms with Gasteiger partial charge in [0, 0.05) is 24.7 Å². The molecule has 0 bridgehead atoms. The molecule has 0 aliphatic heterocycles. The van der Waals surface area contributed by atoms with Crippen molar-refractivity contribution >= 4 is 11.6 Å². The smallest absolute Gasteiger partial charge is 0.136 e. The summed E-state index contributed by atoms with van der Waals surface area (Å²) in [4.78, 5) is 23.5. The summed E-state index contributed by atoms with van der Waals surface area (Å²) >= 11 is 0. The zero-order valence-corrected chi connectivity index (χ0v) is 10.9. The van der Waals surface area contributed by atoms with Gasteiger partial charge < -0.3 is 4.79 Å². The fourth-order valence-electron chi connectivity index (χ4n) is 2.94. The Morgan fingerprint density at radius 2 is 2.00 bits per heavy atom. The number of carbonyl (C=O) groups is 2. The van der Waals surface area contributed by atoms with E-state index in [-0.39, 0.29) is 17.6 Å². The quantitative estimate of drug-likeness (QED) is 0.812. The van der Waals surface area contributed by atoms with E-state index < -0.39 is 0 Å². The zero-order chi connectivity index (χ0) is 13.0. The SMILES string of the molecule is CC(=O)C[C@@H](c1ccccc1)[C@H]1CCCCC1=O. The summed E-state index contributed by atoms with van der Waals surface area (Å²) < 4.78 is 0. The lowest BCUT2D eigenvalue weighted by Crippen LogP contribution is -2.27. The summed E-state index contributed by atoms with van der Waals surface area (Å²) in [5.74, 6) is 0.639. The fourth-order valence-corrected chi connectivity index (χ4v) is 2.94. The van der Waals surface area contributed by atoms with Crippen molar-refractivity contribution in [3.63, 3.8) is 0 Å². The predicted molar refractivity (Wildman–Crippen MR) is 71.4 cm³/mol. The third-order valence-corrected chi connectivity index (χ3v) is 3.82. The highest BCUT2D eigenvalue weighted by Gasteiger charge is 2.31. The first-order valence-corrected chi connectivity index (χ1v) is 6.75. The number of benzene rings is 1. The van der Waals surface area contributed by atoms with Gasteiger partial charge in [0.15, 0.2) is 0 Å². The maximum atomic E-state index is 12.1. The predicted octanol–water partition coefficient (Wildman–Crippen LogP) is 3.51. The minimum atomic E-state index is 0.0463. The minimum Gasteiger partial charge on any atom is -0.300 e. The van der Waals surface area contributed by atoms with Gasteiger partial charge in [-0.25, -0.2) is 0 Å².